The van der Waals surface area contributed by atoms with Crippen LogP contribution in [0.4, 0.5) is 10.5 Å². The number of ketones is 1. The number of hydrogen-bond donors (Lipinski definition) is 4. The van der Waals surface area contributed by atoms with Crippen LogP contribution >= 0.6 is 0 Å². The van der Waals surface area contributed by atoms with Crippen molar-refractivity contribution < 1.29 is 24.6 Å². The van der Waals surface area contributed by atoms with Crippen LogP contribution in [0.5, 0.6) is 0 Å². The summed E-state index contributed by atoms with van der Waals surface area (Å²) < 4.78 is 0. The lowest BCUT2D eigenvalue weighted by atomic mass is 10.0. The maximum absolute atomic E-state index is 12.0. The minimum absolute atomic E-state index is 0.0652. The number of aliphatic carboxylic acids is 1. The molecule has 1 aliphatic rings. The van der Waals surface area contributed by atoms with Gasteiger partial charge in [0.15, 0.2) is 11.4 Å². The topological polar surface area (TPSA) is 116 Å². The Labute approximate surface area is 133 Å². The smallest absolute Gasteiger partial charge is 0.337 e. The standard InChI is InChI=1S/C16H20N2O5/c1-16(23,14(20)21)9-17-15(22)18-11-7-6-10-4-2-3-5-13(19)12(10)8-11/h6-8,23H,2-5,9H2,1H3,(H,20,21)(H2,17,18,22). The molecule has 0 fully saturated rings. The summed E-state index contributed by atoms with van der Waals surface area (Å²) in [7, 11) is 0. The van der Waals surface area contributed by atoms with Crippen LogP contribution in [-0.4, -0.2) is 40.1 Å². The van der Waals surface area contributed by atoms with Gasteiger partial charge in [-0.15, -0.1) is 0 Å². The molecule has 1 aliphatic carbocycles. The largest absolute Gasteiger partial charge is 0.479 e. The van der Waals surface area contributed by atoms with Gasteiger partial charge in [0, 0.05) is 17.7 Å². The molecule has 0 saturated carbocycles. The molecule has 124 valence electrons. The zero-order valence-corrected chi connectivity index (χ0v) is 12.9. The van der Waals surface area contributed by atoms with Crippen molar-refractivity contribution in [3.63, 3.8) is 0 Å². The van der Waals surface area contributed by atoms with E-state index in [1.54, 1.807) is 12.1 Å². The molecule has 0 spiro atoms. The minimum atomic E-state index is -2.04. The Hall–Kier alpha value is -2.41. The molecule has 0 radical (unpaired) electrons. The third kappa shape index (κ3) is 4.29. The van der Waals surface area contributed by atoms with Gasteiger partial charge < -0.3 is 20.8 Å². The molecule has 0 heterocycles. The van der Waals surface area contributed by atoms with Crippen LogP contribution in [-0.2, 0) is 11.2 Å². The Morgan fingerprint density at radius 2 is 1.96 bits per heavy atom. The van der Waals surface area contributed by atoms with Crippen LogP contribution in [0.3, 0.4) is 0 Å². The van der Waals surface area contributed by atoms with Crippen LogP contribution in [0, 0.1) is 0 Å². The van der Waals surface area contributed by atoms with Gasteiger partial charge in [0.25, 0.3) is 0 Å². The van der Waals surface area contributed by atoms with Crippen LogP contribution in [0.25, 0.3) is 0 Å². The molecular weight excluding hydrogens is 300 g/mol. The van der Waals surface area contributed by atoms with Crippen LogP contribution in [0.2, 0.25) is 0 Å². The number of rotatable bonds is 4. The quantitative estimate of drug-likeness (QED) is 0.628. The molecular formula is C16H20N2O5. The number of urea groups is 1. The highest BCUT2D eigenvalue weighted by Crippen LogP contribution is 2.23. The third-order valence-electron chi connectivity index (χ3n) is 3.82. The number of carboxylic acids is 1. The van der Waals surface area contributed by atoms with Crippen molar-refractivity contribution in [3.8, 4) is 0 Å². The number of nitrogens with one attached hydrogen (secondary N) is 2. The van der Waals surface area contributed by atoms with Crippen molar-refractivity contribution in [3.05, 3.63) is 29.3 Å². The number of carboxylic acid groups (broad SMARTS) is 1. The van der Waals surface area contributed by atoms with E-state index in [4.69, 9.17) is 5.11 Å². The third-order valence-corrected chi connectivity index (χ3v) is 3.82. The van der Waals surface area contributed by atoms with Crippen LogP contribution in [0.15, 0.2) is 18.2 Å². The molecule has 7 heteroatoms. The number of aryl methyl sites for hydroxylation is 1. The molecule has 1 atom stereocenters. The van der Waals surface area contributed by atoms with Crippen molar-refractivity contribution in [1.29, 1.82) is 0 Å². The molecule has 4 N–H and O–H groups in total. The van der Waals surface area contributed by atoms with E-state index in [0.717, 1.165) is 31.7 Å². The van der Waals surface area contributed by atoms with E-state index in [0.29, 0.717) is 17.7 Å². The summed E-state index contributed by atoms with van der Waals surface area (Å²) in [4.78, 5) is 34.6. The fourth-order valence-corrected chi connectivity index (χ4v) is 2.37. The molecule has 7 nitrogen and oxygen atoms in total. The predicted octanol–water partition coefficient (Wildman–Crippen LogP) is 1.55. The summed E-state index contributed by atoms with van der Waals surface area (Å²) in [5, 5.41) is 23.1. The Bertz CT molecular complexity index is 639. The van der Waals surface area contributed by atoms with E-state index >= 15 is 0 Å². The van der Waals surface area contributed by atoms with Crippen molar-refractivity contribution in [2.45, 2.75) is 38.2 Å². The molecule has 2 amide bonds. The fourth-order valence-electron chi connectivity index (χ4n) is 2.37. The number of amides is 2. The van der Waals surface area contributed by atoms with Crippen molar-refractivity contribution in [1.82, 2.24) is 5.32 Å². The number of fused-ring (bicyclic) bond motifs is 1. The summed E-state index contributed by atoms with van der Waals surface area (Å²) >= 11 is 0. The fraction of sp³-hybridized carbons (Fsp3) is 0.438. The SMILES string of the molecule is CC(O)(CNC(=O)Nc1ccc2c(c1)C(=O)CCCC2)C(=O)O. The summed E-state index contributed by atoms with van der Waals surface area (Å²) in [6.07, 6.45) is 3.18. The summed E-state index contributed by atoms with van der Waals surface area (Å²) in [5.74, 6) is -1.36. The number of anilines is 1. The molecule has 0 bridgehead atoms. The number of aliphatic hydroxyl groups is 1. The van der Waals surface area contributed by atoms with Gasteiger partial charge in [-0.05, 0) is 43.9 Å². The predicted molar refractivity (Wildman–Crippen MR) is 83.6 cm³/mol. The monoisotopic (exact) mass is 320 g/mol. The van der Waals surface area contributed by atoms with Crippen LogP contribution in [0.1, 0.15) is 42.1 Å². The van der Waals surface area contributed by atoms with Crippen molar-refractivity contribution in [2.24, 2.45) is 0 Å². The van der Waals surface area contributed by atoms with Gasteiger partial charge in [-0.1, -0.05) is 6.07 Å². The van der Waals surface area contributed by atoms with Crippen molar-refractivity contribution in [2.75, 3.05) is 11.9 Å². The molecule has 23 heavy (non-hydrogen) atoms. The zero-order valence-electron chi connectivity index (χ0n) is 12.9. The highest BCUT2D eigenvalue weighted by molar-refractivity contribution is 6.00. The second kappa shape index (κ2) is 6.78. The maximum atomic E-state index is 12.0. The minimum Gasteiger partial charge on any atom is -0.479 e. The molecule has 1 unspecified atom stereocenters. The lowest BCUT2D eigenvalue weighted by Gasteiger charge is -2.18. The average molecular weight is 320 g/mol. The Balaban J connectivity index is 2.02. The first-order valence-electron chi connectivity index (χ1n) is 7.46. The molecule has 1 aromatic carbocycles. The van der Waals surface area contributed by atoms with Gasteiger partial charge in [-0.2, -0.15) is 0 Å². The second-order valence-corrected chi connectivity index (χ2v) is 5.89. The van der Waals surface area contributed by atoms with E-state index in [2.05, 4.69) is 10.6 Å². The molecule has 0 aromatic heterocycles. The Kier molecular flexibility index (Phi) is 5.00. The molecule has 0 saturated heterocycles. The summed E-state index contributed by atoms with van der Waals surface area (Å²) in [5.41, 5.74) is 0.0118. The van der Waals surface area contributed by atoms with Gasteiger partial charge in [-0.3, -0.25) is 4.79 Å². The van der Waals surface area contributed by atoms with E-state index in [-0.39, 0.29) is 5.78 Å². The number of benzene rings is 1. The second-order valence-electron chi connectivity index (χ2n) is 5.89. The zero-order chi connectivity index (χ0) is 17.0. The number of hydrogen-bond acceptors (Lipinski definition) is 4. The lowest BCUT2D eigenvalue weighted by Crippen LogP contribution is -2.47. The first-order chi connectivity index (χ1) is 10.8. The maximum Gasteiger partial charge on any atom is 0.337 e. The first-order valence-corrected chi connectivity index (χ1v) is 7.46. The molecule has 0 aliphatic heterocycles. The normalized spacial score (nSPS) is 16.7. The van der Waals surface area contributed by atoms with E-state index < -0.39 is 24.1 Å². The average Bonchev–Trinajstić information content (AvgIpc) is 2.67. The van der Waals surface area contributed by atoms with Crippen molar-refractivity contribution >= 4 is 23.5 Å². The highest BCUT2D eigenvalue weighted by atomic mass is 16.4. The first kappa shape index (κ1) is 17.0. The number of carbonyl (C=O) groups excluding carboxylic acids is 2. The molecule has 1 aromatic rings. The Morgan fingerprint density at radius 1 is 1.26 bits per heavy atom. The number of carbonyl (C=O) groups is 3. The van der Waals surface area contributed by atoms with Gasteiger partial charge in [-0.25, -0.2) is 9.59 Å². The Morgan fingerprint density at radius 3 is 2.65 bits per heavy atom. The van der Waals surface area contributed by atoms with E-state index in [1.807, 2.05) is 6.07 Å². The van der Waals surface area contributed by atoms with Gasteiger partial charge in [0.2, 0.25) is 0 Å². The summed E-state index contributed by atoms with van der Waals surface area (Å²) in [6, 6.07) is 4.51. The molecule has 2 rings (SSSR count). The summed E-state index contributed by atoms with van der Waals surface area (Å²) in [6.45, 7) is 0.661. The van der Waals surface area contributed by atoms with Gasteiger partial charge in [0.1, 0.15) is 0 Å². The van der Waals surface area contributed by atoms with Gasteiger partial charge in [0.05, 0.1) is 6.54 Å². The van der Waals surface area contributed by atoms with Crippen LogP contribution < -0.4 is 10.6 Å². The van der Waals surface area contributed by atoms with E-state index in [9.17, 15) is 19.5 Å². The highest BCUT2D eigenvalue weighted by Gasteiger charge is 2.30. The van der Waals surface area contributed by atoms with Gasteiger partial charge >= 0.3 is 12.0 Å². The van der Waals surface area contributed by atoms with E-state index in [1.165, 1.54) is 0 Å². The lowest BCUT2D eigenvalue weighted by molar-refractivity contribution is -0.155. The number of Topliss-reactive ketones (excluding diaryl/α,β-unsaturated/α-hetero) is 1.